The monoisotopic (exact) mass is 456 g/mol. The van der Waals surface area contributed by atoms with Crippen LogP contribution in [0.15, 0.2) is 84.3 Å². The van der Waals surface area contributed by atoms with Crippen molar-refractivity contribution in [3.05, 3.63) is 95.7 Å². The number of nitrogens with one attached hydrogen (secondary N) is 2. The number of anilines is 2. The number of pyridine rings is 1. The lowest BCUT2D eigenvalue weighted by atomic mass is 9.95. The van der Waals surface area contributed by atoms with E-state index < -0.39 is 6.04 Å². The van der Waals surface area contributed by atoms with Gasteiger partial charge in [-0.3, -0.25) is 9.78 Å². The molecule has 0 saturated heterocycles. The van der Waals surface area contributed by atoms with E-state index in [-0.39, 0.29) is 11.7 Å². The average Bonchev–Trinajstić information content (AvgIpc) is 3.27. The summed E-state index contributed by atoms with van der Waals surface area (Å²) in [7, 11) is 1.58. The summed E-state index contributed by atoms with van der Waals surface area (Å²) < 4.78 is 20.8. The van der Waals surface area contributed by atoms with Gasteiger partial charge in [-0.1, -0.05) is 24.3 Å². The number of halogens is 1. The number of nitrogens with zero attached hydrogens (tertiary/aromatic N) is 4. The summed E-state index contributed by atoms with van der Waals surface area (Å²) in [6.07, 6.45) is 3.20. The number of benzene rings is 2. The Balaban J connectivity index is 1.62. The van der Waals surface area contributed by atoms with E-state index in [1.54, 1.807) is 55.4 Å². The Kier molecular flexibility index (Phi) is 5.51. The number of hydrogen-bond donors (Lipinski definition) is 2. The van der Waals surface area contributed by atoms with Gasteiger partial charge in [-0.15, -0.1) is 5.10 Å². The van der Waals surface area contributed by atoms with Gasteiger partial charge in [0.1, 0.15) is 17.6 Å². The lowest BCUT2D eigenvalue weighted by Gasteiger charge is -2.28. The minimum atomic E-state index is -0.635. The minimum absolute atomic E-state index is 0.327. The van der Waals surface area contributed by atoms with Crippen LogP contribution in [0.3, 0.4) is 0 Å². The summed E-state index contributed by atoms with van der Waals surface area (Å²) in [5, 5.41) is 10.8. The van der Waals surface area contributed by atoms with E-state index in [2.05, 4.69) is 20.6 Å². The standard InChI is InChI=1S/C25H21FN6O2/c1-15-21(24(33)29-18-6-5-13-27-14-18)22(16-9-11-17(26)12-10-16)32-25(28-15)30-23(31-32)19-7-3-4-8-20(19)34-2/h3-14,22H,1-2H3,(H,29,33)(H,28,30,31)/t22-/m0/s1. The van der Waals surface area contributed by atoms with Crippen molar-refractivity contribution in [2.45, 2.75) is 13.0 Å². The zero-order valence-corrected chi connectivity index (χ0v) is 18.5. The molecule has 8 nitrogen and oxygen atoms in total. The first-order valence-electron chi connectivity index (χ1n) is 10.6. The molecular formula is C25H21FN6O2. The quantitative estimate of drug-likeness (QED) is 0.462. The van der Waals surface area contributed by atoms with Gasteiger partial charge in [-0.05, 0) is 48.9 Å². The first kappa shape index (κ1) is 21.3. The van der Waals surface area contributed by atoms with Crippen molar-refractivity contribution < 1.29 is 13.9 Å². The SMILES string of the molecule is COc1ccccc1-c1nc2n(n1)[C@@H](c1ccc(F)cc1)C(C(=O)Nc1cccnc1)=C(C)N2. The predicted octanol–water partition coefficient (Wildman–Crippen LogP) is 4.42. The van der Waals surface area contributed by atoms with Gasteiger partial charge < -0.3 is 15.4 Å². The summed E-state index contributed by atoms with van der Waals surface area (Å²) in [4.78, 5) is 22.1. The van der Waals surface area contributed by atoms with Gasteiger partial charge in [0.2, 0.25) is 5.95 Å². The molecule has 3 heterocycles. The molecule has 0 spiro atoms. The third-order valence-electron chi connectivity index (χ3n) is 5.55. The van der Waals surface area contributed by atoms with E-state index >= 15 is 0 Å². The fourth-order valence-electron chi connectivity index (χ4n) is 3.98. The number of aromatic nitrogens is 4. The maximum atomic E-state index is 13.7. The van der Waals surface area contributed by atoms with Crippen LogP contribution in [0.5, 0.6) is 5.75 Å². The number of methoxy groups -OCH3 is 1. The fraction of sp³-hybridized carbons (Fsp3) is 0.120. The summed E-state index contributed by atoms with van der Waals surface area (Å²) in [5.74, 6) is 0.836. The van der Waals surface area contributed by atoms with E-state index in [1.165, 1.54) is 12.1 Å². The lowest BCUT2D eigenvalue weighted by Crippen LogP contribution is -2.31. The van der Waals surface area contributed by atoms with Gasteiger partial charge in [-0.2, -0.15) is 4.98 Å². The van der Waals surface area contributed by atoms with Crippen LogP contribution in [-0.4, -0.2) is 32.8 Å². The number of fused-ring (bicyclic) bond motifs is 1. The van der Waals surface area contributed by atoms with Crippen molar-refractivity contribution in [3.8, 4) is 17.1 Å². The minimum Gasteiger partial charge on any atom is -0.496 e. The zero-order valence-electron chi connectivity index (χ0n) is 18.5. The van der Waals surface area contributed by atoms with Gasteiger partial charge in [0.25, 0.3) is 5.91 Å². The molecular weight excluding hydrogens is 435 g/mol. The third-order valence-corrected chi connectivity index (χ3v) is 5.55. The van der Waals surface area contributed by atoms with Crippen LogP contribution in [0.2, 0.25) is 0 Å². The van der Waals surface area contributed by atoms with Crippen molar-refractivity contribution in [1.29, 1.82) is 0 Å². The highest BCUT2D eigenvalue weighted by Crippen LogP contribution is 2.38. The maximum Gasteiger partial charge on any atom is 0.255 e. The molecule has 1 amide bonds. The molecule has 1 aliphatic rings. The number of allylic oxidation sites excluding steroid dienone is 1. The van der Waals surface area contributed by atoms with Crippen LogP contribution < -0.4 is 15.4 Å². The molecule has 2 aromatic heterocycles. The van der Waals surface area contributed by atoms with Gasteiger partial charge >= 0.3 is 0 Å². The summed E-state index contributed by atoms with van der Waals surface area (Å²) in [6, 6.07) is 16.3. The van der Waals surface area contributed by atoms with Crippen LogP contribution in [0, 0.1) is 5.82 Å². The second kappa shape index (κ2) is 8.78. The van der Waals surface area contributed by atoms with Gasteiger partial charge in [-0.25, -0.2) is 9.07 Å². The Morgan fingerprint density at radius 2 is 1.91 bits per heavy atom. The van der Waals surface area contributed by atoms with E-state index in [1.807, 2.05) is 24.3 Å². The largest absolute Gasteiger partial charge is 0.496 e. The first-order chi connectivity index (χ1) is 16.5. The molecule has 0 unspecified atom stereocenters. The average molecular weight is 456 g/mol. The lowest BCUT2D eigenvalue weighted by molar-refractivity contribution is -0.113. The third kappa shape index (κ3) is 3.88. The first-order valence-corrected chi connectivity index (χ1v) is 10.6. The molecule has 1 atom stereocenters. The smallest absolute Gasteiger partial charge is 0.255 e. The van der Waals surface area contributed by atoms with Gasteiger partial charge in [0, 0.05) is 11.9 Å². The Morgan fingerprint density at radius 1 is 1.12 bits per heavy atom. The molecule has 2 aromatic carbocycles. The van der Waals surface area contributed by atoms with Crippen molar-refractivity contribution in [2.24, 2.45) is 0 Å². The molecule has 0 aliphatic carbocycles. The predicted molar refractivity (Wildman–Crippen MR) is 126 cm³/mol. The highest BCUT2D eigenvalue weighted by atomic mass is 19.1. The molecule has 1 aliphatic heterocycles. The van der Waals surface area contributed by atoms with Gasteiger partial charge in [0.15, 0.2) is 5.82 Å². The van der Waals surface area contributed by atoms with Crippen molar-refractivity contribution >= 4 is 17.5 Å². The van der Waals surface area contributed by atoms with Crippen LogP contribution >= 0.6 is 0 Å². The molecule has 34 heavy (non-hydrogen) atoms. The number of rotatable bonds is 5. The summed E-state index contributed by atoms with van der Waals surface area (Å²) in [6.45, 7) is 1.80. The Morgan fingerprint density at radius 3 is 2.65 bits per heavy atom. The molecule has 170 valence electrons. The maximum absolute atomic E-state index is 13.7. The van der Waals surface area contributed by atoms with Crippen molar-refractivity contribution in [2.75, 3.05) is 17.7 Å². The van der Waals surface area contributed by atoms with Crippen molar-refractivity contribution in [3.63, 3.8) is 0 Å². The van der Waals surface area contributed by atoms with Crippen LogP contribution in [0.25, 0.3) is 11.4 Å². The van der Waals surface area contributed by atoms with E-state index in [4.69, 9.17) is 9.84 Å². The van der Waals surface area contributed by atoms with Crippen LogP contribution in [0.1, 0.15) is 18.5 Å². The molecule has 4 aromatic rings. The summed E-state index contributed by atoms with van der Waals surface area (Å²) >= 11 is 0. The number of ether oxygens (including phenoxy) is 1. The second-order valence-corrected chi connectivity index (χ2v) is 7.72. The van der Waals surface area contributed by atoms with Crippen LogP contribution in [-0.2, 0) is 4.79 Å². The van der Waals surface area contributed by atoms with E-state index in [9.17, 15) is 9.18 Å². The van der Waals surface area contributed by atoms with E-state index in [0.717, 1.165) is 0 Å². The highest BCUT2D eigenvalue weighted by molar-refractivity contribution is 6.05. The number of carbonyl (C=O) groups excluding carboxylic acids is 1. The zero-order chi connectivity index (χ0) is 23.7. The second-order valence-electron chi connectivity index (χ2n) is 7.72. The Bertz CT molecular complexity index is 1380. The summed E-state index contributed by atoms with van der Waals surface area (Å²) in [5.41, 5.74) is 3.01. The number of carbonyl (C=O) groups is 1. The van der Waals surface area contributed by atoms with E-state index in [0.29, 0.717) is 45.6 Å². The number of amides is 1. The molecule has 0 saturated carbocycles. The number of para-hydroxylation sites is 1. The fourth-order valence-corrected chi connectivity index (χ4v) is 3.98. The van der Waals surface area contributed by atoms with Crippen molar-refractivity contribution in [1.82, 2.24) is 19.7 Å². The van der Waals surface area contributed by atoms with Crippen LogP contribution in [0.4, 0.5) is 16.0 Å². The molecule has 9 heteroatoms. The highest BCUT2D eigenvalue weighted by Gasteiger charge is 2.34. The van der Waals surface area contributed by atoms with Gasteiger partial charge in [0.05, 0.1) is 30.1 Å². The molecule has 5 rings (SSSR count). The Labute approximate surface area is 195 Å². The normalized spacial score (nSPS) is 14.9. The molecule has 0 fully saturated rings. The number of hydrogen-bond acceptors (Lipinski definition) is 6. The molecule has 0 bridgehead atoms. The topological polar surface area (TPSA) is 94.0 Å². The molecule has 2 N–H and O–H groups in total. The molecule has 0 radical (unpaired) electrons. The Hall–Kier alpha value is -4.53.